The van der Waals surface area contributed by atoms with Gasteiger partial charge < -0.3 is 10.8 Å². The lowest BCUT2D eigenvalue weighted by Crippen LogP contribution is -2.24. The molecular formula is C12H15NO2. The van der Waals surface area contributed by atoms with Crippen molar-refractivity contribution in [3.8, 4) is 0 Å². The van der Waals surface area contributed by atoms with Crippen LogP contribution in [0.1, 0.15) is 41.4 Å². The normalized spacial score (nSPS) is 22.5. The molecule has 0 spiro atoms. The molecule has 15 heavy (non-hydrogen) atoms. The molecule has 0 aliphatic heterocycles. The lowest BCUT2D eigenvalue weighted by Gasteiger charge is -2.23. The number of hydrogen-bond acceptors (Lipinski definition) is 2. The zero-order chi connectivity index (χ0) is 11.2. The van der Waals surface area contributed by atoms with Crippen molar-refractivity contribution in [2.75, 3.05) is 0 Å². The van der Waals surface area contributed by atoms with E-state index >= 15 is 0 Å². The second kappa shape index (κ2) is 3.07. The molecule has 0 heterocycles. The number of rotatable bonds is 1. The summed E-state index contributed by atoms with van der Waals surface area (Å²) in [7, 11) is 0. The van der Waals surface area contributed by atoms with Gasteiger partial charge in [-0.15, -0.1) is 0 Å². The van der Waals surface area contributed by atoms with E-state index in [4.69, 9.17) is 10.8 Å². The molecule has 0 radical (unpaired) electrons. The predicted octanol–water partition coefficient (Wildman–Crippen LogP) is 1.97. The van der Waals surface area contributed by atoms with Gasteiger partial charge in [0, 0.05) is 6.04 Å². The summed E-state index contributed by atoms with van der Waals surface area (Å²) in [5, 5.41) is 8.89. The molecule has 0 amide bonds. The molecule has 0 aromatic heterocycles. The Morgan fingerprint density at radius 2 is 2.20 bits per heavy atom. The number of aromatic carboxylic acids is 1. The van der Waals surface area contributed by atoms with E-state index in [1.54, 1.807) is 12.1 Å². The molecule has 1 aromatic rings. The van der Waals surface area contributed by atoms with E-state index in [-0.39, 0.29) is 11.5 Å². The van der Waals surface area contributed by atoms with Crippen LogP contribution in [0.3, 0.4) is 0 Å². The van der Waals surface area contributed by atoms with Gasteiger partial charge in [-0.25, -0.2) is 4.79 Å². The maximum atomic E-state index is 10.8. The van der Waals surface area contributed by atoms with Gasteiger partial charge in [0.15, 0.2) is 0 Å². The highest BCUT2D eigenvalue weighted by atomic mass is 16.4. The van der Waals surface area contributed by atoms with Crippen molar-refractivity contribution in [3.05, 3.63) is 34.9 Å². The van der Waals surface area contributed by atoms with Gasteiger partial charge in [-0.2, -0.15) is 0 Å². The molecule has 0 saturated heterocycles. The molecule has 1 atom stereocenters. The molecule has 0 fully saturated rings. The van der Waals surface area contributed by atoms with Crippen LogP contribution in [0, 0.1) is 5.41 Å². The first-order chi connectivity index (χ1) is 6.92. The predicted molar refractivity (Wildman–Crippen MR) is 57.8 cm³/mol. The summed E-state index contributed by atoms with van der Waals surface area (Å²) < 4.78 is 0. The van der Waals surface area contributed by atoms with Crippen LogP contribution in [-0.2, 0) is 6.42 Å². The average molecular weight is 205 g/mol. The molecule has 3 heteroatoms. The monoisotopic (exact) mass is 205 g/mol. The maximum absolute atomic E-state index is 10.8. The number of nitrogens with two attached hydrogens (primary N) is 1. The molecule has 0 bridgehead atoms. The zero-order valence-electron chi connectivity index (χ0n) is 8.95. The van der Waals surface area contributed by atoms with Crippen molar-refractivity contribution in [2.24, 2.45) is 11.1 Å². The number of carboxylic acids is 1. The third-order valence-electron chi connectivity index (χ3n) is 3.22. The summed E-state index contributed by atoms with van der Waals surface area (Å²) in [6.07, 6.45) is 0.920. The van der Waals surface area contributed by atoms with Gasteiger partial charge in [0.05, 0.1) is 5.56 Å². The molecule has 3 N–H and O–H groups in total. The number of carboxylic acid groups (broad SMARTS) is 1. The summed E-state index contributed by atoms with van der Waals surface area (Å²) in [4.78, 5) is 10.8. The number of benzene rings is 1. The molecule has 2 rings (SSSR count). The second-order valence-electron chi connectivity index (χ2n) is 4.86. The van der Waals surface area contributed by atoms with Gasteiger partial charge in [-0.05, 0) is 35.1 Å². The Morgan fingerprint density at radius 3 is 2.80 bits per heavy atom. The van der Waals surface area contributed by atoms with E-state index in [1.807, 2.05) is 6.07 Å². The molecule has 0 saturated carbocycles. The first-order valence-electron chi connectivity index (χ1n) is 5.03. The lowest BCUT2D eigenvalue weighted by atomic mass is 9.86. The Balaban J connectivity index is 2.49. The smallest absolute Gasteiger partial charge is 0.335 e. The highest BCUT2D eigenvalue weighted by Gasteiger charge is 2.36. The number of fused-ring (bicyclic) bond motifs is 1. The van der Waals surface area contributed by atoms with Crippen LogP contribution < -0.4 is 5.73 Å². The molecule has 1 aliphatic rings. The van der Waals surface area contributed by atoms with Crippen molar-refractivity contribution in [1.29, 1.82) is 0 Å². The van der Waals surface area contributed by atoms with Crippen LogP contribution in [0.5, 0.6) is 0 Å². The van der Waals surface area contributed by atoms with Gasteiger partial charge in [0.1, 0.15) is 0 Å². The Kier molecular flexibility index (Phi) is 2.08. The van der Waals surface area contributed by atoms with Crippen LogP contribution in [0.2, 0.25) is 0 Å². The highest BCUT2D eigenvalue weighted by Crippen LogP contribution is 2.43. The molecule has 3 nitrogen and oxygen atoms in total. The van der Waals surface area contributed by atoms with Gasteiger partial charge >= 0.3 is 5.97 Å². The summed E-state index contributed by atoms with van der Waals surface area (Å²) in [6, 6.07) is 5.17. The average Bonchev–Trinajstić information content (AvgIpc) is 2.37. The Morgan fingerprint density at radius 1 is 1.53 bits per heavy atom. The standard InChI is InChI=1S/C12H15NO2/c1-12(2)6-8-4-3-7(11(14)15)5-9(8)10(12)13/h3-5,10H,6,13H2,1-2H3,(H,14,15)/t10-/m0/s1. The second-order valence-corrected chi connectivity index (χ2v) is 4.86. The molecule has 0 unspecified atom stereocenters. The van der Waals surface area contributed by atoms with Crippen molar-refractivity contribution in [2.45, 2.75) is 26.3 Å². The van der Waals surface area contributed by atoms with Crippen molar-refractivity contribution >= 4 is 5.97 Å². The molecule has 1 aromatic carbocycles. The Hall–Kier alpha value is -1.35. The fraction of sp³-hybridized carbons (Fsp3) is 0.417. The van der Waals surface area contributed by atoms with Crippen LogP contribution in [0.25, 0.3) is 0 Å². The minimum atomic E-state index is -0.894. The zero-order valence-corrected chi connectivity index (χ0v) is 8.95. The van der Waals surface area contributed by atoms with Crippen molar-refractivity contribution in [3.63, 3.8) is 0 Å². The maximum Gasteiger partial charge on any atom is 0.335 e. The molecule has 1 aliphatic carbocycles. The quantitative estimate of drug-likeness (QED) is 0.736. The Labute approximate surface area is 88.9 Å². The molecular weight excluding hydrogens is 190 g/mol. The van der Waals surface area contributed by atoms with E-state index in [1.165, 1.54) is 5.56 Å². The minimum Gasteiger partial charge on any atom is -0.478 e. The molecule has 80 valence electrons. The van der Waals surface area contributed by atoms with Gasteiger partial charge in [-0.1, -0.05) is 19.9 Å². The van der Waals surface area contributed by atoms with E-state index < -0.39 is 5.97 Å². The highest BCUT2D eigenvalue weighted by molar-refractivity contribution is 5.88. The van der Waals surface area contributed by atoms with Crippen LogP contribution in [-0.4, -0.2) is 11.1 Å². The Bertz CT molecular complexity index is 424. The van der Waals surface area contributed by atoms with Crippen LogP contribution in [0.4, 0.5) is 0 Å². The summed E-state index contributed by atoms with van der Waals surface area (Å²) in [5.74, 6) is -0.894. The first-order valence-corrected chi connectivity index (χ1v) is 5.03. The number of carbonyl (C=O) groups is 1. The summed E-state index contributed by atoms with van der Waals surface area (Å²) in [5.41, 5.74) is 8.61. The summed E-state index contributed by atoms with van der Waals surface area (Å²) in [6.45, 7) is 4.22. The largest absolute Gasteiger partial charge is 0.478 e. The summed E-state index contributed by atoms with van der Waals surface area (Å²) >= 11 is 0. The van der Waals surface area contributed by atoms with E-state index in [0.717, 1.165) is 12.0 Å². The number of hydrogen-bond donors (Lipinski definition) is 2. The van der Waals surface area contributed by atoms with E-state index in [9.17, 15) is 4.79 Å². The lowest BCUT2D eigenvalue weighted by molar-refractivity contribution is 0.0696. The SMILES string of the molecule is CC1(C)Cc2ccc(C(=O)O)cc2[C@@H]1N. The van der Waals surface area contributed by atoms with Crippen molar-refractivity contribution in [1.82, 2.24) is 0 Å². The van der Waals surface area contributed by atoms with E-state index in [2.05, 4.69) is 13.8 Å². The fourth-order valence-electron chi connectivity index (χ4n) is 2.20. The van der Waals surface area contributed by atoms with Crippen LogP contribution >= 0.6 is 0 Å². The van der Waals surface area contributed by atoms with Crippen LogP contribution in [0.15, 0.2) is 18.2 Å². The van der Waals surface area contributed by atoms with Gasteiger partial charge in [0.2, 0.25) is 0 Å². The minimum absolute atomic E-state index is 0.0272. The third-order valence-corrected chi connectivity index (χ3v) is 3.22. The topological polar surface area (TPSA) is 63.3 Å². The van der Waals surface area contributed by atoms with E-state index in [0.29, 0.717) is 5.56 Å². The van der Waals surface area contributed by atoms with Crippen molar-refractivity contribution < 1.29 is 9.90 Å². The van der Waals surface area contributed by atoms with Gasteiger partial charge in [-0.3, -0.25) is 0 Å². The fourth-order valence-corrected chi connectivity index (χ4v) is 2.20. The van der Waals surface area contributed by atoms with Gasteiger partial charge in [0.25, 0.3) is 0 Å². The first kappa shape index (κ1) is 10.2. The third kappa shape index (κ3) is 1.53.